The van der Waals surface area contributed by atoms with E-state index in [0.29, 0.717) is 11.5 Å². The summed E-state index contributed by atoms with van der Waals surface area (Å²) >= 11 is 0. The Bertz CT molecular complexity index is 332. The predicted octanol–water partition coefficient (Wildman–Crippen LogP) is 2.26. The lowest BCUT2D eigenvalue weighted by Gasteiger charge is -2.53. The summed E-state index contributed by atoms with van der Waals surface area (Å²) in [5, 5.41) is 3.32. The van der Waals surface area contributed by atoms with E-state index in [0.717, 1.165) is 24.5 Å². The van der Waals surface area contributed by atoms with Crippen LogP contribution >= 0.6 is 0 Å². The van der Waals surface area contributed by atoms with Crippen LogP contribution in [-0.4, -0.2) is 25.4 Å². The minimum Gasteiger partial charge on any atom is -0.489 e. The van der Waals surface area contributed by atoms with Gasteiger partial charge in [-0.25, -0.2) is 0 Å². The molecule has 1 N–H and O–H groups in total. The molecule has 3 heteroatoms. The fourth-order valence-corrected chi connectivity index (χ4v) is 2.30. The van der Waals surface area contributed by atoms with Gasteiger partial charge >= 0.3 is 0 Å². The highest BCUT2D eigenvalue weighted by Gasteiger charge is 2.49. The van der Waals surface area contributed by atoms with E-state index in [1.165, 1.54) is 12.8 Å². The minimum absolute atomic E-state index is 0.380. The number of ether oxygens (including phenoxy) is 1. The molecular weight excluding hydrogens is 200 g/mol. The quantitative estimate of drug-likeness (QED) is 0.582. The summed E-state index contributed by atoms with van der Waals surface area (Å²) in [7, 11) is 0. The maximum Gasteiger partial charge on any atom is 0.133 e. The summed E-state index contributed by atoms with van der Waals surface area (Å²) in [6.45, 7) is 9.91. The first-order valence-electron chi connectivity index (χ1n) is 5.87. The molecule has 0 amide bonds. The lowest BCUT2D eigenvalue weighted by atomic mass is 9.63. The van der Waals surface area contributed by atoms with Crippen molar-refractivity contribution in [2.75, 3.05) is 13.1 Å². The van der Waals surface area contributed by atoms with Crippen molar-refractivity contribution in [1.82, 2.24) is 5.32 Å². The Morgan fingerprint density at radius 1 is 1.50 bits per heavy atom. The summed E-state index contributed by atoms with van der Waals surface area (Å²) in [6.07, 6.45) is 6.45. The number of nitrogens with one attached hydrogen (secondary N) is 1. The van der Waals surface area contributed by atoms with Crippen molar-refractivity contribution < 1.29 is 4.74 Å². The second kappa shape index (κ2) is 4.42. The first-order valence-corrected chi connectivity index (χ1v) is 5.87. The molecule has 16 heavy (non-hydrogen) atoms. The molecule has 0 aromatic carbocycles. The molecule has 1 spiro atoms. The fourth-order valence-electron chi connectivity index (χ4n) is 2.30. The molecule has 1 heterocycles. The van der Waals surface area contributed by atoms with Crippen LogP contribution in [0.25, 0.3) is 0 Å². The molecule has 1 aliphatic heterocycles. The van der Waals surface area contributed by atoms with Crippen LogP contribution in [0.3, 0.4) is 0 Å². The molecule has 3 nitrogen and oxygen atoms in total. The van der Waals surface area contributed by atoms with Gasteiger partial charge in [0.15, 0.2) is 0 Å². The van der Waals surface area contributed by atoms with E-state index in [-0.39, 0.29) is 0 Å². The van der Waals surface area contributed by atoms with Crippen molar-refractivity contribution in [3.8, 4) is 0 Å². The van der Waals surface area contributed by atoms with E-state index in [1.54, 1.807) is 6.21 Å². The molecule has 2 fully saturated rings. The number of allylic oxidation sites excluding steroid dienone is 3. The lowest BCUT2D eigenvalue weighted by molar-refractivity contribution is -0.0744. The maximum absolute atomic E-state index is 5.86. The van der Waals surface area contributed by atoms with Crippen molar-refractivity contribution >= 4 is 6.21 Å². The van der Waals surface area contributed by atoms with Crippen molar-refractivity contribution in [2.24, 2.45) is 10.4 Å². The summed E-state index contributed by atoms with van der Waals surface area (Å²) in [6, 6.07) is 0. The summed E-state index contributed by atoms with van der Waals surface area (Å²) in [4.78, 5) is 4.15. The molecule has 0 bridgehead atoms. The van der Waals surface area contributed by atoms with Crippen LogP contribution < -0.4 is 5.32 Å². The van der Waals surface area contributed by atoms with Crippen molar-refractivity contribution in [3.63, 3.8) is 0 Å². The topological polar surface area (TPSA) is 33.6 Å². The number of rotatable bonds is 4. The highest BCUT2D eigenvalue weighted by atomic mass is 16.5. The Morgan fingerprint density at radius 3 is 2.62 bits per heavy atom. The van der Waals surface area contributed by atoms with E-state index in [1.807, 2.05) is 19.9 Å². The zero-order chi connectivity index (χ0) is 11.6. The van der Waals surface area contributed by atoms with Gasteiger partial charge in [0.1, 0.15) is 11.9 Å². The third kappa shape index (κ3) is 2.35. The first kappa shape index (κ1) is 11.4. The Hall–Kier alpha value is -1.09. The van der Waals surface area contributed by atoms with Crippen molar-refractivity contribution in [2.45, 2.75) is 32.8 Å². The number of nitrogens with zero attached hydrogens (tertiary/aromatic N) is 1. The highest BCUT2D eigenvalue weighted by Crippen LogP contribution is 2.46. The largest absolute Gasteiger partial charge is 0.489 e. The molecule has 0 radical (unpaired) electrons. The Kier molecular flexibility index (Phi) is 3.15. The maximum atomic E-state index is 5.86. The van der Waals surface area contributed by atoms with E-state index in [4.69, 9.17) is 4.74 Å². The van der Waals surface area contributed by atoms with Crippen LogP contribution in [0.1, 0.15) is 26.7 Å². The number of hydrogen-bond donors (Lipinski definition) is 1. The lowest BCUT2D eigenvalue weighted by Crippen LogP contribution is -2.62. The first-order chi connectivity index (χ1) is 7.63. The predicted molar refractivity (Wildman–Crippen MR) is 66.5 cm³/mol. The van der Waals surface area contributed by atoms with Gasteiger partial charge in [0.2, 0.25) is 0 Å². The Labute approximate surface area is 97.3 Å². The SMILES string of the molecule is C=C(C)/N=C\C(=C/C)OC1CC2(CNC2)C1. The van der Waals surface area contributed by atoms with Crippen LogP contribution in [0.4, 0.5) is 0 Å². The van der Waals surface area contributed by atoms with Crippen LogP contribution in [0.5, 0.6) is 0 Å². The molecule has 1 saturated heterocycles. The second-order valence-corrected chi connectivity index (χ2v) is 4.94. The zero-order valence-electron chi connectivity index (χ0n) is 10.1. The highest BCUT2D eigenvalue weighted by molar-refractivity contribution is 5.76. The summed E-state index contributed by atoms with van der Waals surface area (Å²) in [5.41, 5.74) is 1.37. The van der Waals surface area contributed by atoms with E-state index < -0.39 is 0 Å². The average molecular weight is 220 g/mol. The van der Waals surface area contributed by atoms with Crippen LogP contribution in [0.15, 0.2) is 29.1 Å². The Balaban J connectivity index is 1.78. The Morgan fingerprint density at radius 2 is 2.19 bits per heavy atom. The van der Waals surface area contributed by atoms with Crippen LogP contribution in [0.2, 0.25) is 0 Å². The molecule has 0 unspecified atom stereocenters. The number of aliphatic imine (C=N–C) groups is 1. The third-order valence-corrected chi connectivity index (χ3v) is 3.32. The van der Waals surface area contributed by atoms with Gasteiger partial charge in [-0.1, -0.05) is 6.58 Å². The van der Waals surface area contributed by atoms with Crippen molar-refractivity contribution in [1.29, 1.82) is 0 Å². The van der Waals surface area contributed by atoms with E-state index in [9.17, 15) is 0 Å². The molecule has 2 rings (SSSR count). The van der Waals surface area contributed by atoms with Crippen LogP contribution in [0, 0.1) is 5.41 Å². The smallest absolute Gasteiger partial charge is 0.133 e. The van der Waals surface area contributed by atoms with Gasteiger partial charge in [0.25, 0.3) is 0 Å². The van der Waals surface area contributed by atoms with Gasteiger partial charge in [0.05, 0.1) is 6.21 Å². The fraction of sp³-hybridized carbons (Fsp3) is 0.615. The molecule has 2 aliphatic rings. The summed E-state index contributed by atoms with van der Waals surface area (Å²) < 4.78 is 5.86. The molecule has 0 atom stereocenters. The van der Waals surface area contributed by atoms with Crippen molar-refractivity contribution in [3.05, 3.63) is 24.1 Å². The summed E-state index contributed by atoms with van der Waals surface area (Å²) in [5.74, 6) is 0.857. The van der Waals surface area contributed by atoms with Crippen LogP contribution in [-0.2, 0) is 4.74 Å². The average Bonchev–Trinajstić information content (AvgIpc) is 2.12. The van der Waals surface area contributed by atoms with E-state index in [2.05, 4.69) is 16.9 Å². The van der Waals surface area contributed by atoms with Gasteiger partial charge in [-0.2, -0.15) is 0 Å². The molecular formula is C13H20N2O. The van der Waals surface area contributed by atoms with Gasteiger partial charge in [-0.3, -0.25) is 4.99 Å². The van der Waals surface area contributed by atoms with E-state index >= 15 is 0 Å². The number of hydrogen-bond acceptors (Lipinski definition) is 3. The monoisotopic (exact) mass is 220 g/mol. The molecule has 1 aliphatic carbocycles. The van der Waals surface area contributed by atoms with Gasteiger partial charge < -0.3 is 10.1 Å². The second-order valence-electron chi connectivity index (χ2n) is 4.94. The zero-order valence-corrected chi connectivity index (χ0v) is 10.1. The molecule has 0 aromatic heterocycles. The third-order valence-electron chi connectivity index (χ3n) is 3.32. The van der Waals surface area contributed by atoms with Gasteiger partial charge in [-0.15, -0.1) is 0 Å². The van der Waals surface area contributed by atoms with Gasteiger partial charge in [0, 0.05) is 24.2 Å². The van der Waals surface area contributed by atoms with Gasteiger partial charge in [-0.05, 0) is 32.8 Å². The molecule has 0 aromatic rings. The molecule has 1 saturated carbocycles. The standard InChI is InChI=1S/C13H20N2O/c1-4-11(7-15-10(2)3)16-12-5-13(6-12)8-14-9-13/h4,7,12,14H,2,5-6,8-9H2,1,3H3/b11-4+,15-7-. The normalized spacial score (nSPS) is 24.2. The minimum atomic E-state index is 0.380. The molecule has 88 valence electrons.